The summed E-state index contributed by atoms with van der Waals surface area (Å²) in [4.78, 5) is 22.2. The van der Waals surface area contributed by atoms with Crippen LogP contribution in [0.15, 0.2) is 48.5 Å². The number of halogens is 1. The van der Waals surface area contributed by atoms with Crippen molar-refractivity contribution >= 4 is 53.1 Å². The second kappa shape index (κ2) is 13.8. The molecule has 2 aromatic carbocycles. The third-order valence-electron chi connectivity index (χ3n) is 6.73. The number of rotatable bonds is 13. The molecule has 0 fully saturated rings. The number of ether oxygens (including phenoxy) is 2. The van der Waals surface area contributed by atoms with Gasteiger partial charge in [-0.25, -0.2) is 14.5 Å². The number of aromatic nitrogens is 3. The molecule has 44 heavy (non-hydrogen) atoms. The van der Waals surface area contributed by atoms with Crippen LogP contribution in [0.1, 0.15) is 60.3 Å². The lowest BCUT2D eigenvalue weighted by atomic mass is 10.0. The van der Waals surface area contributed by atoms with Crippen LogP contribution in [0.2, 0.25) is 5.02 Å². The van der Waals surface area contributed by atoms with E-state index >= 15 is 0 Å². The molecule has 3 atom stereocenters. The first-order valence-corrected chi connectivity index (χ1v) is 16.5. The number of fused-ring (bicyclic) bond motifs is 3. The fraction of sp³-hybridized carbons (Fsp3) is 0.452. The van der Waals surface area contributed by atoms with Crippen LogP contribution < -0.4 is 15.3 Å². The van der Waals surface area contributed by atoms with Crippen molar-refractivity contribution in [2.24, 2.45) is 5.92 Å². The average molecular weight is 646 g/mol. The molecule has 13 heteroatoms. The Hall–Kier alpha value is -3.21. The van der Waals surface area contributed by atoms with E-state index in [-0.39, 0.29) is 24.9 Å². The number of hydrogen-bond acceptors (Lipinski definition) is 9. The third-order valence-corrected chi connectivity index (χ3v) is 8.63. The van der Waals surface area contributed by atoms with Crippen LogP contribution in [-0.4, -0.2) is 45.4 Å². The number of benzene rings is 2. The smallest absolute Gasteiger partial charge is 0.459 e. The van der Waals surface area contributed by atoms with Gasteiger partial charge in [-0.2, -0.15) is 5.09 Å². The molecule has 0 saturated carbocycles. The van der Waals surface area contributed by atoms with E-state index in [1.54, 1.807) is 52.0 Å². The van der Waals surface area contributed by atoms with Gasteiger partial charge in [0.05, 0.1) is 23.7 Å². The summed E-state index contributed by atoms with van der Waals surface area (Å²) in [6.45, 7) is 13.4. The SMILES string of the molecule is CCOCc1nc2c(N)nc3ccccc3c2n1[C@H](COP(=O)(N[C@@H](C)C(=O)OC(C)(C)C)Oc1ccc(Cl)cc1)C(C)C. The second-order valence-corrected chi connectivity index (χ2v) is 13.9. The van der Waals surface area contributed by atoms with Gasteiger partial charge in [0.25, 0.3) is 0 Å². The molecule has 0 amide bonds. The van der Waals surface area contributed by atoms with E-state index in [1.165, 1.54) is 0 Å². The van der Waals surface area contributed by atoms with Gasteiger partial charge < -0.3 is 24.3 Å². The van der Waals surface area contributed by atoms with Crippen molar-refractivity contribution in [3.05, 3.63) is 59.4 Å². The van der Waals surface area contributed by atoms with Crippen LogP contribution in [0.4, 0.5) is 5.82 Å². The number of pyridine rings is 1. The summed E-state index contributed by atoms with van der Waals surface area (Å²) in [5, 5.41) is 4.11. The van der Waals surface area contributed by atoms with E-state index in [4.69, 9.17) is 40.8 Å². The van der Waals surface area contributed by atoms with Crippen molar-refractivity contribution in [3.8, 4) is 5.75 Å². The highest BCUT2D eigenvalue weighted by Crippen LogP contribution is 2.47. The highest BCUT2D eigenvalue weighted by molar-refractivity contribution is 7.52. The van der Waals surface area contributed by atoms with Gasteiger partial charge in [-0.05, 0) is 70.9 Å². The number of anilines is 1. The number of carbonyl (C=O) groups is 1. The molecule has 2 aromatic heterocycles. The summed E-state index contributed by atoms with van der Waals surface area (Å²) in [6.07, 6.45) is 0. The zero-order valence-corrected chi connectivity index (χ0v) is 27.8. The highest BCUT2D eigenvalue weighted by atomic mass is 35.5. The Morgan fingerprint density at radius 2 is 1.77 bits per heavy atom. The van der Waals surface area contributed by atoms with Gasteiger partial charge in [0.1, 0.15) is 35.3 Å². The van der Waals surface area contributed by atoms with Crippen molar-refractivity contribution in [1.82, 2.24) is 19.6 Å². The average Bonchev–Trinajstić information content (AvgIpc) is 3.32. The largest absolute Gasteiger partial charge is 0.459 e. The Kier molecular flexibility index (Phi) is 10.6. The topological polar surface area (TPSA) is 140 Å². The molecule has 0 aliphatic rings. The number of carbonyl (C=O) groups excluding carboxylic acids is 1. The van der Waals surface area contributed by atoms with Crippen molar-refractivity contribution in [3.63, 3.8) is 0 Å². The molecule has 0 aliphatic heterocycles. The Balaban J connectivity index is 1.76. The Bertz CT molecular complexity index is 1650. The minimum Gasteiger partial charge on any atom is -0.459 e. The first-order chi connectivity index (χ1) is 20.7. The monoisotopic (exact) mass is 645 g/mol. The molecular weight excluding hydrogens is 605 g/mol. The number of nitrogens with two attached hydrogens (primary N) is 1. The molecule has 0 radical (unpaired) electrons. The lowest BCUT2D eigenvalue weighted by Gasteiger charge is -2.29. The molecule has 11 nitrogen and oxygen atoms in total. The minimum atomic E-state index is -4.18. The van der Waals surface area contributed by atoms with Gasteiger partial charge >= 0.3 is 13.7 Å². The number of imidazole rings is 1. The van der Waals surface area contributed by atoms with Gasteiger partial charge in [0.15, 0.2) is 5.82 Å². The summed E-state index contributed by atoms with van der Waals surface area (Å²) < 4.78 is 39.7. The standard InChI is InChI=1S/C31H41ClN5O6P/c1-8-40-18-26-35-27-28(23-11-9-10-12-24(23)34-29(27)33)37(26)25(19(2)3)17-41-44(39,43-22-15-13-21(32)14-16-22)36-20(4)30(38)42-31(5,6)7/h9-16,19-20,25H,8,17-18H2,1-7H3,(H2,33,34)(H,36,39)/t20-,25+,44?/m0/s1. The van der Waals surface area contributed by atoms with Crippen molar-refractivity contribution in [2.45, 2.75) is 72.8 Å². The van der Waals surface area contributed by atoms with Crippen molar-refractivity contribution in [1.29, 1.82) is 0 Å². The summed E-state index contributed by atoms with van der Waals surface area (Å²) >= 11 is 6.05. The fourth-order valence-corrected chi connectivity index (χ4v) is 6.30. The van der Waals surface area contributed by atoms with Crippen LogP contribution in [-0.2, 0) is 30.0 Å². The Morgan fingerprint density at radius 1 is 1.09 bits per heavy atom. The molecule has 4 rings (SSSR count). The zero-order chi connectivity index (χ0) is 32.2. The molecule has 0 spiro atoms. The van der Waals surface area contributed by atoms with Gasteiger partial charge in [0.2, 0.25) is 0 Å². The number of hydrogen-bond donors (Lipinski definition) is 2. The van der Waals surface area contributed by atoms with Crippen LogP contribution in [0.3, 0.4) is 0 Å². The van der Waals surface area contributed by atoms with Gasteiger partial charge in [-0.15, -0.1) is 0 Å². The number of esters is 1. The Labute approximate surface area is 263 Å². The number of nitrogens with one attached hydrogen (secondary N) is 1. The van der Waals surface area contributed by atoms with Crippen molar-refractivity contribution in [2.75, 3.05) is 18.9 Å². The lowest BCUT2D eigenvalue weighted by Crippen LogP contribution is -2.39. The molecule has 0 saturated heterocycles. The van der Waals surface area contributed by atoms with Crippen LogP contribution in [0.25, 0.3) is 21.9 Å². The Morgan fingerprint density at radius 3 is 2.41 bits per heavy atom. The number of nitrogens with zero attached hydrogens (tertiary/aromatic N) is 3. The molecular formula is C31H41ClN5O6P. The first kappa shape index (κ1) is 33.7. The van der Waals surface area contributed by atoms with Gasteiger partial charge in [-0.3, -0.25) is 9.32 Å². The maximum atomic E-state index is 14.4. The second-order valence-electron chi connectivity index (χ2n) is 11.8. The van der Waals surface area contributed by atoms with E-state index in [1.807, 2.05) is 49.6 Å². The molecule has 2 heterocycles. The predicted molar refractivity (Wildman–Crippen MR) is 173 cm³/mol. The normalized spacial score (nSPS) is 14.9. The van der Waals surface area contributed by atoms with E-state index in [0.717, 1.165) is 16.4 Å². The summed E-state index contributed by atoms with van der Waals surface area (Å²) in [5.41, 5.74) is 7.68. The van der Waals surface area contributed by atoms with Crippen molar-refractivity contribution < 1.29 is 27.9 Å². The summed E-state index contributed by atoms with van der Waals surface area (Å²) in [5.74, 6) is 0.530. The number of para-hydroxylation sites is 1. The van der Waals surface area contributed by atoms with Gasteiger partial charge in [0, 0.05) is 17.0 Å². The van der Waals surface area contributed by atoms with Gasteiger partial charge in [-0.1, -0.05) is 43.6 Å². The predicted octanol–water partition coefficient (Wildman–Crippen LogP) is 7.08. The third kappa shape index (κ3) is 8.08. The molecule has 1 unspecified atom stereocenters. The molecule has 0 aliphatic carbocycles. The quantitative estimate of drug-likeness (QED) is 0.114. The maximum absolute atomic E-state index is 14.4. The highest BCUT2D eigenvalue weighted by Gasteiger charge is 2.36. The summed E-state index contributed by atoms with van der Waals surface area (Å²) in [7, 11) is -4.18. The minimum absolute atomic E-state index is 0.0341. The van der Waals surface area contributed by atoms with E-state index in [0.29, 0.717) is 28.8 Å². The number of nitrogen functional groups attached to an aromatic ring is 1. The van der Waals surface area contributed by atoms with E-state index < -0.39 is 31.4 Å². The zero-order valence-electron chi connectivity index (χ0n) is 26.2. The van der Waals surface area contributed by atoms with E-state index in [2.05, 4.69) is 10.1 Å². The molecule has 0 bridgehead atoms. The van der Waals surface area contributed by atoms with Crippen LogP contribution in [0, 0.1) is 5.92 Å². The molecule has 4 aromatic rings. The van der Waals surface area contributed by atoms with E-state index in [9.17, 15) is 9.36 Å². The molecule has 238 valence electrons. The van der Waals surface area contributed by atoms with Crippen LogP contribution >= 0.6 is 19.3 Å². The molecule has 3 N–H and O–H groups in total. The summed E-state index contributed by atoms with van der Waals surface area (Å²) in [6, 6.07) is 12.6. The van der Waals surface area contributed by atoms with Crippen LogP contribution in [0.5, 0.6) is 5.75 Å². The first-order valence-electron chi connectivity index (χ1n) is 14.5. The lowest BCUT2D eigenvalue weighted by molar-refractivity contribution is -0.156. The maximum Gasteiger partial charge on any atom is 0.459 e. The fourth-order valence-electron chi connectivity index (χ4n) is 4.67.